The van der Waals surface area contributed by atoms with E-state index in [0.717, 1.165) is 5.56 Å². The van der Waals surface area contributed by atoms with E-state index in [-0.39, 0.29) is 5.91 Å². The minimum atomic E-state index is -3.17. The molecule has 0 unspecified atom stereocenters. The third-order valence-electron chi connectivity index (χ3n) is 3.56. The van der Waals surface area contributed by atoms with Gasteiger partial charge in [0, 0.05) is 42.0 Å². The molecule has 0 bridgehead atoms. The van der Waals surface area contributed by atoms with Crippen LogP contribution in [0.4, 0.5) is 0 Å². The number of amides is 1. The lowest BCUT2D eigenvalue weighted by atomic mass is 10.2. The van der Waals surface area contributed by atoms with Gasteiger partial charge in [-0.05, 0) is 17.7 Å². The highest BCUT2D eigenvalue weighted by Crippen LogP contribution is 2.24. The second kappa shape index (κ2) is 8.07. The van der Waals surface area contributed by atoms with Crippen LogP contribution >= 0.6 is 35.0 Å². The fourth-order valence-electron chi connectivity index (χ4n) is 2.25. The molecule has 0 atom stereocenters. The summed E-state index contributed by atoms with van der Waals surface area (Å²) < 4.78 is 24.3. The van der Waals surface area contributed by atoms with Crippen molar-refractivity contribution in [3.8, 4) is 0 Å². The Morgan fingerprint density at radius 1 is 1.22 bits per heavy atom. The first-order valence-corrected chi connectivity index (χ1v) is 10.8. The minimum absolute atomic E-state index is 0.0215. The molecular weight excluding hydrogens is 379 g/mol. The molecule has 1 aliphatic rings. The molecule has 0 saturated carbocycles. The molecule has 128 valence electrons. The first-order chi connectivity index (χ1) is 10.8. The van der Waals surface area contributed by atoms with Gasteiger partial charge in [0.15, 0.2) is 0 Å². The van der Waals surface area contributed by atoms with Crippen LogP contribution in [0.15, 0.2) is 18.2 Å². The fourth-order valence-corrected chi connectivity index (χ4v) is 4.56. The second-order valence-corrected chi connectivity index (χ2v) is 9.08. The van der Waals surface area contributed by atoms with Crippen LogP contribution in [0, 0.1) is 0 Å². The predicted molar refractivity (Wildman–Crippen MR) is 95.6 cm³/mol. The smallest absolute Gasteiger partial charge is 0.232 e. The van der Waals surface area contributed by atoms with Crippen LogP contribution in [0.25, 0.3) is 0 Å². The summed E-state index contributed by atoms with van der Waals surface area (Å²) in [5.74, 6) is 0.997. The molecule has 2 rings (SSSR count). The Balaban J connectivity index is 1.78. The average molecular weight is 397 g/mol. The molecule has 0 N–H and O–H groups in total. The zero-order valence-corrected chi connectivity index (χ0v) is 15.8. The largest absolute Gasteiger partial charge is 0.339 e. The van der Waals surface area contributed by atoms with Crippen LogP contribution in [-0.2, 0) is 20.6 Å². The third kappa shape index (κ3) is 5.53. The van der Waals surface area contributed by atoms with E-state index in [1.165, 1.54) is 22.3 Å². The van der Waals surface area contributed by atoms with Crippen molar-refractivity contribution in [1.82, 2.24) is 9.21 Å². The zero-order valence-electron chi connectivity index (χ0n) is 12.7. The Hall–Kier alpha value is -0.470. The average Bonchev–Trinajstić information content (AvgIpc) is 2.48. The Morgan fingerprint density at radius 3 is 2.43 bits per heavy atom. The number of halogens is 2. The van der Waals surface area contributed by atoms with Crippen LogP contribution in [0.3, 0.4) is 0 Å². The van der Waals surface area contributed by atoms with Crippen molar-refractivity contribution in [2.45, 2.75) is 5.75 Å². The topological polar surface area (TPSA) is 57.7 Å². The number of piperazine rings is 1. The van der Waals surface area contributed by atoms with Crippen LogP contribution in [0.2, 0.25) is 10.0 Å². The number of hydrogen-bond acceptors (Lipinski definition) is 4. The van der Waals surface area contributed by atoms with Crippen molar-refractivity contribution in [2.24, 2.45) is 0 Å². The standard InChI is InChI=1S/C14H18Cl2N2O3S2/c1-23(20,21)18-6-4-17(5-7-18)14(19)10-22-9-11-2-3-12(15)8-13(11)16/h2-3,8H,4-7,9-10H2,1H3. The van der Waals surface area contributed by atoms with Crippen LogP contribution in [-0.4, -0.2) is 61.7 Å². The number of sulfonamides is 1. The molecule has 0 radical (unpaired) electrons. The van der Waals surface area contributed by atoms with Gasteiger partial charge in [0.1, 0.15) is 0 Å². The lowest BCUT2D eigenvalue weighted by molar-refractivity contribution is -0.129. The van der Waals surface area contributed by atoms with E-state index >= 15 is 0 Å². The minimum Gasteiger partial charge on any atom is -0.339 e. The molecule has 0 spiro atoms. The number of thioether (sulfide) groups is 1. The van der Waals surface area contributed by atoms with Gasteiger partial charge in [-0.1, -0.05) is 29.3 Å². The molecule has 1 heterocycles. The maximum absolute atomic E-state index is 12.2. The van der Waals surface area contributed by atoms with Crippen LogP contribution < -0.4 is 0 Å². The quantitative estimate of drug-likeness (QED) is 0.765. The molecular formula is C14H18Cl2N2O3S2. The Labute approximate surface area is 151 Å². The Morgan fingerprint density at radius 2 is 1.87 bits per heavy atom. The highest BCUT2D eigenvalue weighted by atomic mass is 35.5. The molecule has 1 saturated heterocycles. The third-order valence-corrected chi connectivity index (χ3v) is 6.41. The van der Waals surface area contributed by atoms with Crippen molar-refractivity contribution in [2.75, 3.05) is 38.2 Å². The molecule has 23 heavy (non-hydrogen) atoms. The Bertz CT molecular complexity index is 675. The molecule has 1 amide bonds. The summed E-state index contributed by atoms with van der Waals surface area (Å²) in [4.78, 5) is 13.9. The summed E-state index contributed by atoms with van der Waals surface area (Å²) in [7, 11) is -3.17. The van der Waals surface area contributed by atoms with Gasteiger partial charge in [-0.2, -0.15) is 4.31 Å². The molecule has 9 heteroatoms. The summed E-state index contributed by atoms with van der Waals surface area (Å²) in [5.41, 5.74) is 0.941. The number of hydrogen-bond donors (Lipinski definition) is 0. The van der Waals surface area contributed by atoms with E-state index in [1.807, 2.05) is 6.07 Å². The van der Waals surface area contributed by atoms with E-state index < -0.39 is 10.0 Å². The van der Waals surface area contributed by atoms with Crippen molar-refractivity contribution in [3.63, 3.8) is 0 Å². The molecule has 1 aromatic rings. The number of carbonyl (C=O) groups is 1. The monoisotopic (exact) mass is 396 g/mol. The van der Waals surface area contributed by atoms with Gasteiger partial charge < -0.3 is 4.90 Å². The highest BCUT2D eigenvalue weighted by molar-refractivity contribution is 7.99. The first kappa shape index (κ1) is 18.9. The molecule has 1 aromatic carbocycles. The van der Waals surface area contributed by atoms with Crippen molar-refractivity contribution in [3.05, 3.63) is 33.8 Å². The summed E-state index contributed by atoms with van der Waals surface area (Å²) in [6.45, 7) is 1.60. The lowest BCUT2D eigenvalue weighted by Crippen LogP contribution is -2.50. The van der Waals surface area contributed by atoms with E-state index in [9.17, 15) is 13.2 Å². The predicted octanol–water partition coefficient (Wildman–Crippen LogP) is 2.33. The molecule has 0 aromatic heterocycles. The van der Waals surface area contributed by atoms with Gasteiger partial charge in [0.25, 0.3) is 0 Å². The van der Waals surface area contributed by atoms with Gasteiger partial charge in [-0.3, -0.25) is 4.79 Å². The molecule has 1 aliphatic heterocycles. The summed E-state index contributed by atoms with van der Waals surface area (Å²) in [6, 6.07) is 5.31. The maximum atomic E-state index is 12.2. The SMILES string of the molecule is CS(=O)(=O)N1CCN(C(=O)CSCc2ccc(Cl)cc2Cl)CC1. The zero-order chi connectivity index (χ0) is 17.0. The van der Waals surface area contributed by atoms with Gasteiger partial charge in [0.2, 0.25) is 15.9 Å². The van der Waals surface area contributed by atoms with Crippen molar-refractivity contribution >= 4 is 50.9 Å². The summed E-state index contributed by atoms with van der Waals surface area (Å²) >= 11 is 13.4. The van der Waals surface area contributed by atoms with Crippen molar-refractivity contribution < 1.29 is 13.2 Å². The normalized spacial score (nSPS) is 16.6. The van der Waals surface area contributed by atoms with Crippen LogP contribution in [0.1, 0.15) is 5.56 Å². The molecule has 1 fully saturated rings. The first-order valence-electron chi connectivity index (χ1n) is 7.02. The van der Waals surface area contributed by atoms with Crippen LogP contribution in [0.5, 0.6) is 0 Å². The van der Waals surface area contributed by atoms with E-state index in [4.69, 9.17) is 23.2 Å². The van der Waals surface area contributed by atoms with E-state index in [2.05, 4.69) is 0 Å². The number of carbonyl (C=O) groups excluding carboxylic acids is 1. The number of benzene rings is 1. The van der Waals surface area contributed by atoms with Gasteiger partial charge in [0.05, 0.1) is 12.0 Å². The maximum Gasteiger partial charge on any atom is 0.232 e. The second-order valence-electron chi connectivity index (χ2n) is 5.27. The van der Waals surface area contributed by atoms with E-state index in [0.29, 0.717) is 47.7 Å². The summed E-state index contributed by atoms with van der Waals surface area (Å²) in [5, 5.41) is 1.18. The number of rotatable bonds is 5. The van der Waals surface area contributed by atoms with E-state index in [1.54, 1.807) is 17.0 Å². The van der Waals surface area contributed by atoms with Gasteiger partial charge in [-0.25, -0.2) is 8.42 Å². The van der Waals surface area contributed by atoms with Crippen molar-refractivity contribution in [1.29, 1.82) is 0 Å². The molecule has 5 nitrogen and oxygen atoms in total. The molecule has 0 aliphatic carbocycles. The fraction of sp³-hybridized carbons (Fsp3) is 0.500. The van der Waals surface area contributed by atoms with Gasteiger partial charge >= 0.3 is 0 Å². The van der Waals surface area contributed by atoms with Gasteiger partial charge in [-0.15, -0.1) is 11.8 Å². The highest BCUT2D eigenvalue weighted by Gasteiger charge is 2.25. The summed E-state index contributed by atoms with van der Waals surface area (Å²) in [6.07, 6.45) is 1.19. The number of nitrogens with zero attached hydrogens (tertiary/aromatic N) is 2. The lowest BCUT2D eigenvalue weighted by Gasteiger charge is -2.33. The Kier molecular flexibility index (Phi) is 6.62.